The van der Waals surface area contributed by atoms with Crippen LogP contribution in [-0.4, -0.2) is 24.5 Å². The molecule has 1 aromatic heterocycles. The molecule has 1 aliphatic heterocycles. The van der Waals surface area contributed by atoms with Crippen LogP contribution in [0.15, 0.2) is 54.9 Å². The van der Waals surface area contributed by atoms with E-state index in [0.717, 1.165) is 5.56 Å². The van der Waals surface area contributed by atoms with Crippen molar-refractivity contribution in [3.63, 3.8) is 0 Å². The highest BCUT2D eigenvalue weighted by Crippen LogP contribution is 2.37. The highest BCUT2D eigenvalue weighted by atomic mass is 19.1. The normalized spacial score (nSPS) is 12.2. The van der Waals surface area contributed by atoms with Gasteiger partial charge in [-0.3, -0.25) is 9.78 Å². The number of hydrogen-bond acceptors (Lipinski definition) is 5. The number of fused-ring (bicyclic) bond motifs is 1. The van der Waals surface area contributed by atoms with Gasteiger partial charge in [0, 0.05) is 24.4 Å². The zero-order valence-electron chi connectivity index (χ0n) is 16.7. The number of halogens is 2. The van der Waals surface area contributed by atoms with Crippen molar-refractivity contribution in [2.75, 3.05) is 13.7 Å². The van der Waals surface area contributed by atoms with E-state index >= 15 is 0 Å². The molecular weight excluding hydrogens is 392 g/mol. The monoisotopic (exact) mass is 413 g/mol. The number of nitrogens with zero attached hydrogens (tertiary/aromatic N) is 1. The third-order valence-electron chi connectivity index (χ3n) is 4.48. The summed E-state index contributed by atoms with van der Waals surface area (Å²) < 4.78 is 42.4. The number of benzene rings is 2. The number of para-hydroxylation sites is 1. The first-order valence-electron chi connectivity index (χ1n) is 9.30. The number of methoxy groups -OCH3 is 1. The molecule has 0 saturated heterocycles. The Kier molecular flexibility index (Phi) is 6.95. The minimum absolute atomic E-state index is 0.0982. The number of carbonyl (C=O) groups excluding carboxylic acids is 1. The molecule has 0 bridgehead atoms. The largest absolute Gasteiger partial charge is 0.494 e. The standard InChI is InChI=1S/C16H14FNO3.C7H7FO/c1-10-15-12(14(19)4-7-20-15)8-13(17)16(10)21-9-11-2-5-18-6-3-11;1-9-7-5-3-2-4-6(7)8/h2-3,5-6,8H,4,7,9H2,1H3;2-5H,1H3. The lowest BCUT2D eigenvalue weighted by Crippen LogP contribution is -2.17. The van der Waals surface area contributed by atoms with Gasteiger partial charge in [0.15, 0.2) is 28.9 Å². The van der Waals surface area contributed by atoms with Crippen LogP contribution in [0.3, 0.4) is 0 Å². The van der Waals surface area contributed by atoms with Gasteiger partial charge >= 0.3 is 0 Å². The lowest BCUT2D eigenvalue weighted by molar-refractivity contribution is 0.0931. The highest BCUT2D eigenvalue weighted by Gasteiger charge is 2.25. The Balaban J connectivity index is 0.000000239. The fourth-order valence-corrected chi connectivity index (χ4v) is 2.94. The maximum Gasteiger partial charge on any atom is 0.170 e. The van der Waals surface area contributed by atoms with E-state index in [9.17, 15) is 13.6 Å². The molecule has 0 fully saturated rings. The molecule has 0 atom stereocenters. The molecule has 156 valence electrons. The predicted molar refractivity (Wildman–Crippen MR) is 107 cm³/mol. The van der Waals surface area contributed by atoms with Crippen molar-refractivity contribution < 1.29 is 27.8 Å². The van der Waals surface area contributed by atoms with Crippen molar-refractivity contribution in [2.45, 2.75) is 20.0 Å². The molecule has 0 spiro atoms. The van der Waals surface area contributed by atoms with E-state index < -0.39 is 5.82 Å². The molecule has 0 radical (unpaired) electrons. The summed E-state index contributed by atoms with van der Waals surface area (Å²) in [6.45, 7) is 2.25. The molecule has 30 heavy (non-hydrogen) atoms. The molecule has 0 unspecified atom stereocenters. The fraction of sp³-hybridized carbons (Fsp3) is 0.217. The first-order chi connectivity index (χ1) is 14.5. The van der Waals surface area contributed by atoms with Gasteiger partial charge in [-0.2, -0.15) is 0 Å². The zero-order valence-corrected chi connectivity index (χ0v) is 16.7. The minimum Gasteiger partial charge on any atom is -0.494 e. The number of pyridine rings is 1. The summed E-state index contributed by atoms with van der Waals surface area (Å²) in [5.74, 6) is -0.117. The summed E-state index contributed by atoms with van der Waals surface area (Å²) >= 11 is 0. The molecule has 3 aromatic rings. The summed E-state index contributed by atoms with van der Waals surface area (Å²) in [5, 5.41) is 0. The van der Waals surface area contributed by atoms with Crippen molar-refractivity contribution in [3.8, 4) is 17.2 Å². The smallest absolute Gasteiger partial charge is 0.170 e. The molecule has 5 nitrogen and oxygen atoms in total. The first-order valence-corrected chi connectivity index (χ1v) is 9.30. The second-order valence-electron chi connectivity index (χ2n) is 6.49. The van der Waals surface area contributed by atoms with Gasteiger partial charge < -0.3 is 14.2 Å². The van der Waals surface area contributed by atoms with Crippen LogP contribution in [0.4, 0.5) is 8.78 Å². The van der Waals surface area contributed by atoms with E-state index in [-0.39, 0.29) is 36.1 Å². The summed E-state index contributed by atoms with van der Waals surface area (Å²) in [6.07, 6.45) is 3.58. The van der Waals surface area contributed by atoms with Crippen molar-refractivity contribution in [2.24, 2.45) is 0 Å². The van der Waals surface area contributed by atoms with E-state index in [0.29, 0.717) is 23.5 Å². The third-order valence-corrected chi connectivity index (χ3v) is 4.48. The Morgan fingerprint density at radius 3 is 2.50 bits per heavy atom. The lowest BCUT2D eigenvalue weighted by Gasteiger charge is -2.21. The van der Waals surface area contributed by atoms with Crippen molar-refractivity contribution >= 4 is 5.78 Å². The molecule has 7 heteroatoms. The average molecular weight is 413 g/mol. The van der Waals surface area contributed by atoms with Gasteiger partial charge in [-0.05, 0) is 42.8 Å². The van der Waals surface area contributed by atoms with E-state index in [2.05, 4.69) is 9.72 Å². The Hall–Kier alpha value is -3.48. The van der Waals surface area contributed by atoms with Gasteiger partial charge in [0.2, 0.25) is 0 Å². The van der Waals surface area contributed by atoms with Gasteiger partial charge in [-0.25, -0.2) is 8.78 Å². The lowest BCUT2D eigenvalue weighted by atomic mass is 10.0. The van der Waals surface area contributed by atoms with Crippen LogP contribution < -0.4 is 14.2 Å². The third kappa shape index (κ3) is 4.92. The Morgan fingerprint density at radius 2 is 1.83 bits per heavy atom. The number of ketones is 1. The highest BCUT2D eigenvalue weighted by molar-refractivity contribution is 6.00. The van der Waals surface area contributed by atoms with Crippen molar-refractivity contribution in [1.82, 2.24) is 4.98 Å². The summed E-state index contributed by atoms with van der Waals surface area (Å²) in [7, 11) is 1.44. The molecule has 2 heterocycles. The van der Waals surface area contributed by atoms with E-state index in [1.54, 1.807) is 49.6 Å². The number of carbonyl (C=O) groups is 1. The van der Waals surface area contributed by atoms with Crippen LogP contribution in [0.5, 0.6) is 17.2 Å². The molecule has 0 N–H and O–H groups in total. The van der Waals surface area contributed by atoms with Crippen molar-refractivity contribution in [3.05, 3.63) is 83.2 Å². The molecule has 0 amide bonds. The molecule has 0 aliphatic carbocycles. The quantitative estimate of drug-likeness (QED) is 0.609. The minimum atomic E-state index is -0.542. The second-order valence-corrected chi connectivity index (χ2v) is 6.49. The van der Waals surface area contributed by atoms with Crippen LogP contribution in [0, 0.1) is 18.6 Å². The number of rotatable bonds is 4. The van der Waals surface area contributed by atoms with Gasteiger partial charge in [0.1, 0.15) is 12.4 Å². The molecular formula is C23H21F2NO4. The maximum absolute atomic E-state index is 14.2. The van der Waals surface area contributed by atoms with Crippen molar-refractivity contribution in [1.29, 1.82) is 0 Å². The Bertz CT molecular complexity index is 1030. The summed E-state index contributed by atoms with van der Waals surface area (Å²) in [4.78, 5) is 15.7. The van der Waals surface area contributed by atoms with Gasteiger partial charge in [-0.15, -0.1) is 0 Å². The molecule has 0 saturated carbocycles. The van der Waals surface area contributed by atoms with Crippen LogP contribution in [0.1, 0.15) is 27.9 Å². The summed E-state index contributed by atoms with van der Waals surface area (Å²) in [5.41, 5.74) is 1.71. The van der Waals surface area contributed by atoms with Crippen LogP contribution >= 0.6 is 0 Å². The number of aromatic nitrogens is 1. The number of ether oxygens (including phenoxy) is 3. The SMILES string of the molecule is COc1ccccc1F.Cc1c(OCc2ccncc2)c(F)cc2c1OCCC2=O. The van der Waals surface area contributed by atoms with E-state index in [4.69, 9.17) is 9.47 Å². The first kappa shape index (κ1) is 21.2. The molecule has 1 aliphatic rings. The van der Waals surface area contributed by atoms with Gasteiger partial charge in [0.25, 0.3) is 0 Å². The summed E-state index contributed by atoms with van der Waals surface area (Å²) in [6, 6.07) is 11.1. The van der Waals surface area contributed by atoms with Gasteiger partial charge in [-0.1, -0.05) is 12.1 Å². The predicted octanol–water partition coefficient (Wildman–Crippen LogP) is 4.91. The van der Waals surface area contributed by atoms with Crippen LogP contribution in [-0.2, 0) is 6.61 Å². The molecule has 4 rings (SSSR count). The van der Waals surface area contributed by atoms with Crippen LogP contribution in [0.2, 0.25) is 0 Å². The second kappa shape index (κ2) is 9.82. The van der Waals surface area contributed by atoms with Gasteiger partial charge in [0.05, 0.1) is 19.3 Å². The van der Waals surface area contributed by atoms with E-state index in [1.165, 1.54) is 19.2 Å². The fourth-order valence-electron chi connectivity index (χ4n) is 2.94. The Morgan fingerprint density at radius 1 is 1.10 bits per heavy atom. The zero-order chi connectivity index (χ0) is 21.5. The Labute approximate surface area is 173 Å². The molecule has 2 aromatic carbocycles. The topological polar surface area (TPSA) is 57.6 Å². The number of Topliss-reactive ketones (excluding diaryl/α,β-unsaturated/α-hetero) is 1. The van der Waals surface area contributed by atoms with E-state index in [1.807, 2.05) is 0 Å². The number of hydrogen-bond donors (Lipinski definition) is 0. The maximum atomic E-state index is 14.2. The van der Waals surface area contributed by atoms with Crippen LogP contribution in [0.25, 0.3) is 0 Å². The average Bonchev–Trinajstić information content (AvgIpc) is 2.76.